The number of H-pyrrole nitrogens is 1. The second-order valence-corrected chi connectivity index (χ2v) is 11.1. The molecule has 0 spiro atoms. The fourth-order valence-corrected chi connectivity index (χ4v) is 6.30. The van der Waals surface area contributed by atoms with Crippen LogP contribution >= 0.6 is 34.5 Å². The van der Waals surface area contributed by atoms with E-state index in [0.717, 1.165) is 5.75 Å². The highest BCUT2D eigenvalue weighted by Crippen LogP contribution is 2.48. The van der Waals surface area contributed by atoms with Crippen molar-refractivity contribution in [1.82, 2.24) is 15.3 Å². The minimum Gasteiger partial charge on any atom is -0.477 e. The highest BCUT2D eigenvalue weighted by Gasteiger charge is 2.57. The lowest BCUT2D eigenvalue weighted by Gasteiger charge is -2.19. The lowest BCUT2D eigenvalue weighted by atomic mass is 10.1. The molecule has 1 amide bonds. The van der Waals surface area contributed by atoms with Crippen molar-refractivity contribution < 1.29 is 19.4 Å². The van der Waals surface area contributed by atoms with Gasteiger partial charge in [0.15, 0.2) is 5.13 Å². The van der Waals surface area contributed by atoms with Gasteiger partial charge >= 0.3 is 5.97 Å². The number of carbonyl (C=O) groups excluding carboxylic acids is 1. The van der Waals surface area contributed by atoms with E-state index in [2.05, 4.69) is 15.2 Å². The molecular formula is C27H22Cl2N4O4S. The van der Waals surface area contributed by atoms with Crippen molar-refractivity contribution in [3.8, 4) is 22.8 Å². The molecule has 0 bridgehead atoms. The van der Waals surface area contributed by atoms with Crippen LogP contribution in [-0.4, -0.2) is 46.1 Å². The first-order valence-electron chi connectivity index (χ1n) is 12.0. The molecule has 2 aliphatic rings. The average molecular weight is 569 g/mol. The third-order valence-electron chi connectivity index (χ3n) is 6.96. The Morgan fingerprint density at radius 1 is 1.05 bits per heavy atom. The van der Waals surface area contributed by atoms with Crippen LogP contribution in [0, 0.1) is 18.8 Å². The third kappa shape index (κ3) is 4.51. The van der Waals surface area contributed by atoms with E-state index in [1.54, 1.807) is 19.1 Å². The summed E-state index contributed by atoms with van der Waals surface area (Å²) in [6.45, 7) is 3.13. The molecule has 1 aliphatic carbocycles. The predicted octanol–water partition coefficient (Wildman–Crippen LogP) is 6.11. The van der Waals surface area contributed by atoms with Crippen molar-refractivity contribution in [2.45, 2.75) is 13.0 Å². The summed E-state index contributed by atoms with van der Waals surface area (Å²) in [6, 6.07) is 16.7. The predicted molar refractivity (Wildman–Crippen MR) is 147 cm³/mol. The Morgan fingerprint density at radius 2 is 1.71 bits per heavy atom. The average Bonchev–Trinajstić information content (AvgIpc) is 3.29. The Kier molecular flexibility index (Phi) is 6.29. The second kappa shape index (κ2) is 9.65. The highest BCUT2D eigenvalue weighted by molar-refractivity contribution is 7.17. The number of piperidine rings is 1. The van der Waals surface area contributed by atoms with Crippen LogP contribution in [0.1, 0.15) is 25.9 Å². The number of para-hydroxylation sites is 1. The maximum atomic E-state index is 12.7. The molecule has 2 aromatic heterocycles. The monoisotopic (exact) mass is 568 g/mol. The summed E-state index contributed by atoms with van der Waals surface area (Å²) in [4.78, 5) is 34.6. The molecule has 0 unspecified atom stereocenters. The summed E-state index contributed by atoms with van der Waals surface area (Å²) >= 11 is 13.4. The first-order valence-corrected chi connectivity index (χ1v) is 13.5. The van der Waals surface area contributed by atoms with Gasteiger partial charge in [0.2, 0.25) is 0 Å². The van der Waals surface area contributed by atoms with Crippen molar-refractivity contribution in [2.24, 2.45) is 11.8 Å². The summed E-state index contributed by atoms with van der Waals surface area (Å²) in [7, 11) is 0. The van der Waals surface area contributed by atoms with Crippen LogP contribution in [0.3, 0.4) is 0 Å². The van der Waals surface area contributed by atoms with Gasteiger partial charge in [-0.15, -0.1) is 0 Å². The molecule has 38 heavy (non-hydrogen) atoms. The van der Waals surface area contributed by atoms with Gasteiger partial charge in [-0.1, -0.05) is 52.7 Å². The molecule has 3 N–H and O–H groups in total. The van der Waals surface area contributed by atoms with Crippen LogP contribution in [0.25, 0.3) is 11.3 Å². The van der Waals surface area contributed by atoms with Crippen molar-refractivity contribution in [3.05, 3.63) is 80.9 Å². The Morgan fingerprint density at radius 3 is 2.32 bits per heavy atom. The van der Waals surface area contributed by atoms with Crippen LogP contribution in [0.4, 0.5) is 5.13 Å². The molecule has 1 saturated carbocycles. The zero-order valence-corrected chi connectivity index (χ0v) is 22.4. The molecular weight excluding hydrogens is 547 g/mol. The molecule has 3 atom stereocenters. The molecule has 11 heteroatoms. The molecule has 6 rings (SSSR count). The fourth-order valence-electron chi connectivity index (χ4n) is 4.94. The van der Waals surface area contributed by atoms with E-state index in [-0.39, 0.29) is 39.4 Å². The topological polar surface area (TPSA) is 108 Å². The number of hydrogen-bond donors (Lipinski definition) is 3. The molecule has 2 aromatic carbocycles. The minimum atomic E-state index is -1.01. The Hall–Kier alpha value is -3.53. The molecule has 1 aliphatic heterocycles. The Balaban J connectivity index is 1.13. The van der Waals surface area contributed by atoms with Gasteiger partial charge in [-0.05, 0) is 43.3 Å². The minimum absolute atomic E-state index is 0.0349. The number of aromatic nitrogens is 2. The van der Waals surface area contributed by atoms with Crippen LogP contribution in [0.5, 0.6) is 11.5 Å². The summed E-state index contributed by atoms with van der Waals surface area (Å²) in [5.74, 6) is 0.607. The van der Waals surface area contributed by atoms with Crippen molar-refractivity contribution >= 4 is 51.5 Å². The van der Waals surface area contributed by atoms with Gasteiger partial charge in [0, 0.05) is 42.2 Å². The number of thiazole rings is 1. The van der Waals surface area contributed by atoms with Crippen LogP contribution in [-0.2, 0) is 0 Å². The van der Waals surface area contributed by atoms with Crippen LogP contribution < -0.4 is 15.0 Å². The number of carbonyl (C=O) groups is 2. The van der Waals surface area contributed by atoms with E-state index < -0.39 is 5.97 Å². The number of halogens is 2. The number of rotatable bonds is 7. The highest BCUT2D eigenvalue weighted by atomic mass is 35.5. The van der Waals surface area contributed by atoms with Gasteiger partial charge in [-0.2, -0.15) is 0 Å². The Labute approximate surface area is 232 Å². The summed E-state index contributed by atoms with van der Waals surface area (Å²) in [5.41, 5.74) is 2.06. The van der Waals surface area contributed by atoms with Gasteiger partial charge in [0.05, 0.1) is 15.7 Å². The lowest BCUT2D eigenvalue weighted by Crippen LogP contribution is -2.34. The first-order chi connectivity index (χ1) is 18.3. The van der Waals surface area contributed by atoms with Gasteiger partial charge in [-0.3, -0.25) is 4.79 Å². The Bertz CT molecular complexity index is 1520. The van der Waals surface area contributed by atoms with Crippen molar-refractivity contribution in [1.29, 1.82) is 0 Å². The van der Waals surface area contributed by atoms with E-state index >= 15 is 0 Å². The van der Waals surface area contributed by atoms with Crippen molar-refractivity contribution in [3.63, 3.8) is 0 Å². The maximum Gasteiger partial charge on any atom is 0.348 e. The van der Waals surface area contributed by atoms with Gasteiger partial charge in [0.25, 0.3) is 5.91 Å². The van der Waals surface area contributed by atoms with Gasteiger partial charge < -0.3 is 25.0 Å². The maximum absolute atomic E-state index is 12.7. The number of benzene rings is 2. The number of carboxylic acids is 1. The zero-order valence-electron chi connectivity index (χ0n) is 20.1. The van der Waals surface area contributed by atoms with E-state index in [9.17, 15) is 14.7 Å². The van der Waals surface area contributed by atoms with Crippen LogP contribution in [0.15, 0.2) is 54.6 Å². The SMILES string of the molecule is Cc1[nH]c(C(=O)N[C@H]2[C@@H]3CN(c4nc(-c5ccc(Oc6ccccc6)cc5)c(C(=O)O)s4)C[C@@H]32)c(Cl)c1Cl. The molecule has 3 heterocycles. The number of nitrogens with one attached hydrogen (secondary N) is 2. The molecule has 4 aromatic rings. The molecule has 1 saturated heterocycles. The third-order valence-corrected chi connectivity index (χ3v) is 9.01. The number of aryl methyl sites for hydroxylation is 1. The van der Waals surface area contributed by atoms with Crippen molar-refractivity contribution in [2.75, 3.05) is 18.0 Å². The number of ether oxygens (including phenoxy) is 1. The number of fused-ring (bicyclic) bond motifs is 1. The number of hydrogen-bond acceptors (Lipinski definition) is 6. The van der Waals surface area contributed by atoms with Gasteiger partial charge in [0.1, 0.15) is 22.1 Å². The molecule has 0 radical (unpaired) electrons. The number of amides is 1. The summed E-state index contributed by atoms with van der Waals surface area (Å²) < 4.78 is 5.84. The molecule has 194 valence electrons. The normalized spacial score (nSPS) is 19.8. The molecule has 8 nitrogen and oxygen atoms in total. The number of aromatic carboxylic acids is 1. The number of anilines is 1. The smallest absolute Gasteiger partial charge is 0.348 e. The number of nitrogens with zero attached hydrogens (tertiary/aromatic N) is 2. The van der Waals surface area contributed by atoms with E-state index in [1.807, 2.05) is 42.5 Å². The van der Waals surface area contributed by atoms with Crippen LogP contribution in [0.2, 0.25) is 10.0 Å². The molecule has 2 fully saturated rings. The van der Waals surface area contributed by atoms with E-state index in [4.69, 9.17) is 32.9 Å². The largest absolute Gasteiger partial charge is 0.477 e. The van der Waals surface area contributed by atoms with E-state index in [1.165, 1.54) is 11.3 Å². The summed E-state index contributed by atoms with van der Waals surface area (Å²) in [5, 5.41) is 14.1. The second-order valence-electron chi connectivity index (χ2n) is 9.40. The van der Waals surface area contributed by atoms with E-state index in [0.29, 0.717) is 45.9 Å². The number of aromatic amines is 1. The number of carboxylic acid groups (broad SMARTS) is 1. The standard InChI is InChI=1S/C27H22Cl2N4O4S/c1-13-19(28)20(29)23(30-13)25(34)31-22-17-11-33(12-18(17)22)27-32-21(24(38-27)26(35)36)14-7-9-16(10-8-14)37-15-5-3-2-4-6-15/h2-10,17-18,22,30H,11-12H2,1H3,(H,31,34)(H,35,36)/t17-,18+,22+. The fraction of sp³-hybridized carbons (Fsp3) is 0.222. The van der Waals surface area contributed by atoms with Gasteiger partial charge in [-0.25, -0.2) is 9.78 Å². The summed E-state index contributed by atoms with van der Waals surface area (Å²) in [6.07, 6.45) is 0. The first kappa shape index (κ1) is 24.8. The zero-order chi connectivity index (χ0) is 26.6. The quantitative estimate of drug-likeness (QED) is 0.248. The lowest BCUT2D eigenvalue weighted by molar-refractivity contribution is 0.0702.